The lowest BCUT2D eigenvalue weighted by molar-refractivity contribution is 0.201. The van der Waals surface area contributed by atoms with Gasteiger partial charge in [0.15, 0.2) is 11.6 Å². The Kier molecular flexibility index (Phi) is 4.34. The molecule has 2 rings (SSSR count). The monoisotopic (exact) mass is 365 g/mol. The van der Waals surface area contributed by atoms with E-state index in [9.17, 15) is 18.0 Å². The zero-order valence-electron chi connectivity index (χ0n) is 9.74. The van der Waals surface area contributed by atoms with Crippen LogP contribution in [0, 0.1) is 17.5 Å². The quantitative estimate of drug-likeness (QED) is 0.806. The van der Waals surface area contributed by atoms with E-state index in [-0.39, 0.29) is 6.54 Å². The highest BCUT2D eigenvalue weighted by atomic mass is 79.9. The predicted molar refractivity (Wildman–Crippen MR) is 72.5 cm³/mol. The molecule has 20 heavy (non-hydrogen) atoms. The van der Waals surface area contributed by atoms with E-state index in [1.165, 1.54) is 11.3 Å². The predicted octanol–water partition coefficient (Wildman–Crippen LogP) is 4.61. The van der Waals surface area contributed by atoms with Gasteiger partial charge in [-0.05, 0) is 28.1 Å². The van der Waals surface area contributed by atoms with Crippen molar-refractivity contribution in [2.75, 3.05) is 4.90 Å². The number of anilines is 1. The normalized spacial score (nSPS) is 10.6. The molecule has 0 aliphatic heterocycles. The third-order valence-corrected chi connectivity index (χ3v) is 4.06. The van der Waals surface area contributed by atoms with Crippen molar-refractivity contribution in [3.8, 4) is 0 Å². The summed E-state index contributed by atoms with van der Waals surface area (Å²) in [5.74, 6) is -3.81. The summed E-state index contributed by atoms with van der Waals surface area (Å²) >= 11 is 4.48. The van der Waals surface area contributed by atoms with Gasteiger partial charge in [0, 0.05) is 17.0 Å². The van der Waals surface area contributed by atoms with E-state index in [0.717, 1.165) is 3.79 Å². The first-order valence-electron chi connectivity index (χ1n) is 5.27. The topological polar surface area (TPSA) is 40.5 Å². The lowest BCUT2D eigenvalue weighted by Gasteiger charge is -2.19. The van der Waals surface area contributed by atoms with Gasteiger partial charge >= 0.3 is 6.09 Å². The Morgan fingerprint density at radius 1 is 1.20 bits per heavy atom. The van der Waals surface area contributed by atoms with Crippen molar-refractivity contribution in [1.82, 2.24) is 0 Å². The van der Waals surface area contributed by atoms with Gasteiger partial charge in [0.2, 0.25) is 0 Å². The van der Waals surface area contributed by atoms with Gasteiger partial charge in [0.1, 0.15) is 5.82 Å². The molecule has 0 unspecified atom stereocenters. The Labute approximate surface area is 124 Å². The van der Waals surface area contributed by atoms with Crippen LogP contribution in [0.25, 0.3) is 0 Å². The van der Waals surface area contributed by atoms with Crippen LogP contribution in [0.2, 0.25) is 0 Å². The number of halogens is 4. The minimum atomic E-state index is -1.46. The van der Waals surface area contributed by atoms with Crippen molar-refractivity contribution in [1.29, 1.82) is 0 Å². The number of nitrogens with zero attached hydrogens (tertiary/aromatic N) is 1. The molecule has 1 amide bonds. The van der Waals surface area contributed by atoms with Gasteiger partial charge in [-0.15, -0.1) is 11.3 Å². The first-order valence-corrected chi connectivity index (χ1v) is 6.88. The molecule has 1 heterocycles. The van der Waals surface area contributed by atoms with Crippen molar-refractivity contribution >= 4 is 39.0 Å². The maximum atomic E-state index is 13.6. The van der Waals surface area contributed by atoms with Gasteiger partial charge in [-0.3, -0.25) is 4.90 Å². The highest BCUT2D eigenvalue weighted by Gasteiger charge is 2.22. The van der Waals surface area contributed by atoms with Gasteiger partial charge in [-0.25, -0.2) is 18.0 Å². The summed E-state index contributed by atoms with van der Waals surface area (Å²) < 4.78 is 40.4. The number of rotatable bonds is 3. The third kappa shape index (κ3) is 3.13. The van der Waals surface area contributed by atoms with E-state index in [1.807, 2.05) is 0 Å². The number of hydrogen-bond acceptors (Lipinski definition) is 2. The van der Waals surface area contributed by atoms with Crippen molar-refractivity contribution in [2.45, 2.75) is 6.54 Å². The largest absolute Gasteiger partial charge is 0.465 e. The van der Waals surface area contributed by atoms with Gasteiger partial charge in [-0.1, -0.05) is 0 Å². The zero-order chi connectivity index (χ0) is 14.9. The first-order chi connectivity index (χ1) is 9.38. The summed E-state index contributed by atoms with van der Waals surface area (Å²) in [5, 5.41) is 9.12. The molecule has 3 nitrogen and oxygen atoms in total. The van der Waals surface area contributed by atoms with Crippen LogP contribution in [0.15, 0.2) is 28.1 Å². The second kappa shape index (κ2) is 5.84. The van der Waals surface area contributed by atoms with Crippen LogP contribution < -0.4 is 4.90 Å². The van der Waals surface area contributed by atoms with Crippen molar-refractivity contribution in [3.05, 3.63) is 50.4 Å². The van der Waals surface area contributed by atoms with Crippen LogP contribution in [0.4, 0.5) is 23.7 Å². The minimum absolute atomic E-state index is 0.159. The molecule has 0 aliphatic carbocycles. The average molecular weight is 366 g/mol. The fourth-order valence-corrected chi connectivity index (χ4v) is 3.04. The summed E-state index contributed by atoms with van der Waals surface area (Å²) in [6.07, 6.45) is -1.46. The molecule has 0 fully saturated rings. The van der Waals surface area contributed by atoms with E-state index in [4.69, 9.17) is 5.11 Å². The first kappa shape index (κ1) is 14.9. The van der Waals surface area contributed by atoms with Gasteiger partial charge in [0.05, 0.1) is 16.0 Å². The van der Waals surface area contributed by atoms with Crippen LogP contribution in [0.3, 0.4) is 0 Å². The molecule has 106 valence electrons. The molecule has 0 saturated heterocycles. The molecule has 1 N–H and O–H groups in total. The second-order valence-electron chi connectivity index (χ2n) is 3.79. The number of carbonyl (C=O) groups is 1. The van der Waals surface area contributed by atoms with Crippen LogP contribution >= 0.6 is 27.3 Å². The van der Waals surface area contributed by atoms with Crippen molar-refractivity contribution in [3.63, 3.8) is 0 Å². The highest BCUT2D eigenvalue weighted by molar-refractivity contribution is 9.11. The molecule has 0 aliphatic rings. The Bertz CT molecular complexity index is 662. The SMILES string of the molecule is O=C(O)N(Cc1ccc(Br)s1)c1cc(F)c(F)cc1F. The standard InChI is InChI=1S/C12H7BrF3NO2S/c13-11-2-1-6(20-11)5-17(12(18)19)10-4-8(15)7(14)3-9(10)16/h1-4H,5H2,(H,18,19). The lowest BCUT2D eigenvalue weighted by atomic mass is 10.2. The van der Waals surface area contributed by atoms with Crippen molar-refractivity contribution in [2.24, 2.45) is 0 Å². The van der Waals surface area contributed by atoms with Crippen LogP contribution in [0.5, 0.6) is 0 Å². The summed E-state index contributed by atoms with van der Waals surface area (Å²) in [6, 6.07) is 4.22. The Morgan fingerprint density at radius 2 is 1.85 bits per heavy atom. The fourth-order valence-electron chi connectivity index (χ4n) is 1.57. The average Bonchev–Trinajstić information content (AvgIpc) is 2.77. The third-order valence-electron chi connectivity index (χ3n) is 2.45. The van der Waals surface area contributed by atoms with E-state index >= 15 is 0 Å². The van der Waals surface area contributed by atoms with Crippen LogP contribution in [-0.2, 0) is 6.54 Å². The molecule has 0 bridgehead atoms. The molecule has 1 aromatic heterocycles. The minimum Gasteiger partial charge on any atom is -0.465 e. The molecular formula is C12H7BrF3NO2S. The molecule has 8 heteroatoms. The summed E-state index contributed by atoms with van der Waals surface area (Å²) in [5.41, 5.74) is -0.527. The number of hydrogen-bond donors (Lipinski definition) is 1. The summed E-state index contributed by atoms with van der Waals surface area (Å²) in [4.78, 5) is 12.4. The smallest absolute Gasteiger partial charge is 0.412 e. The van der Waals surface area contributed by atoms with Gasteiger partial charge in [-0.2, -0.15) is 0 Å². The van der Waals surface area contributed by atoms with E-state index in [1.54, 1.807) is 12.1 Å². The Morgan fingerprint density at radius 3 is 2.40 bits per heavy atom. The molecular weight excluding hydrogens is 359 g/mol. The maximum Gasteiger partial charge on any atom is 0.412 e. The zero-order valence-corrected chi connectivity index (χ0v) is 12.1. The highest BCUT2D eigenvalue weighted by Crippen LogP contribution is 2.28. The summed E-state index contributed by atoms with van der Waals surface area (Å²) in [6.45, 7) is -0.159. The second-order valence-corrected chi connectivity index (χ2v) is 6.34. The molecule has 0 spiro atoms. The molecule has 0 saturated carbocycles. The molecule has 2 aromatic rings. The van der Waals surface area contributed by atoms with Crippen LogP contribution in [-0.4, -0.2) is 11.2 Å². The number of amides is 1. The van der Waals surface area contributed by atoms with Gasteiger partial charge < -0.3 is 5.11 Å². The molecule has 0 radical (unpaired) electrons. The van der Waals surface area contributed by atoms with E-state index in [2.05, 4.69) is 15.9 Å². The Balaban J connectivity index is 2.38. The van der Waals surface area contributed by atoms with Gasteiger partial charge in [0.25, 0.3) is 0 Å². The van der Waals surface area contributed by atoms with Crippen molar-refractivity contribution < 1.29 is 23.1 Å². The number of thiophene rings is 1. The molecule has 0 atom stereocenters. The van der Waals surface area contributed by atoms with E-state index < -0.39 is 29.2 Å². The summed E-state index contributed by atoms with van der Waals surface area (Å²) in [7, 11) is 0. The fraction of sp³-hybridized carbons (Fsp3) is 0.0833. The van der Waals surface area contributed by atoms with Crippen LogP contribution in [0.1, 0.15) is 4.88 Å². The lowest BCUT2D eigenvalue weighted by Crippen LogP contribution is -2.29. The molecule has 1 aromatic carbocycles. The number of benzene rings is 1. The maximum absolute atomic E-state index is 13.6. The van der Waals surface area contributed by atoms with E-state index in [0.29, 0.717) is 21.9 Å². The Hall–Kier alpha value is -1.54. The number of carboxylic acid groups (broad SMARTS) is 1.